The molecule has 4 aromatic rings. The molecule has 1 unspecified atom stereocenters. The molecule has 0 bridgehead atoms. The minimum atomic E-state index is -1.06. The molecule has 0 spiro atoms. The number of rotatable bonds is 10. The molecule has 1 aliphatic carbocycles. The summed E-state index contributed by atoms with van der Waals surface area (Å²) >= 11 is 0. The summed E-state index contributed by atoms with van der Waals surface area (Å²) in [5, 5.41) is 30.1. The summed E-state index contributed by atoms with van der Waals surface area (Å²) in [6.07, 6.45) is -0.963. The van der Waals surface area contributed by atoms with Crippen molar-refractivity contribution in [1.82, 2.24) is 0 Å². The highest BCUT2D eigenvalue weighted by Crippen LogP contribution is 2.47. The molecule has 0 radical (unpaired) electrons. The summed E-state index contributed by atoms with van der Waals surface area (Å²) in [7, 11) is 0. The summed E-state index contributed by atoms with van der Waals surface area (Å²) in [6.45, 7) is 6.25. The van der Waals surface area contributed by atoms with Crippen LogP contribution in [-0.2, 0) is 11.4 Å². The Morgan fingerprint density at radius 1 is 0.850 bits per heavy atom. The fourth-order valence-electron chi connectivity index (χ4n) is 5.71. The first kappa shape index (κ1) is 27.4. The Hall–Kier alpha value is -4.13. The van der Waals surface area contributed by atoms with Gasteiger partial charge in [0, 0.05) is 11.9 Å². The summed E-state index contributed by atoms with van der Waals surface area (Å²) < 4.78 is 11.9. The third kappa shape index (κ3) is 5.46. The Labute approximate surface area is 234 Å². The van der Waals surface area contributed by atoms with Crippen LogP contribution in [0.3, 0.4) is 0 Å². The number of aliphatic hydroxyl groups is 2. The van der Waals surface area contributed by atoms with E-state index in [1.165, 1.54) is 0 Å². The molecule has 0 fully saturated rings. The van der Waals surface area contributed by atoms with Crippen molar-refractivity contribution >= 4 is 5.97 Å². The van der Waals surface area contributed by atoms with Crippen LogP contribution in [0.15, 0.2) is 72.8 Å². The molecule has 5 rings (SSSR count). The minimum absolute atomic E-state index is 0.0340. The van der Waals surface area contributed by atoms with Crippen LogP contribution in [0.25, 0.3) is 22.3 Å². The number of ether oxygens (including phenoxy) is 2. The smallest absolute Gasteiger partial charge is 0.120 e. The fraction of sp³-hybridized carbons (Fsp3) is 0.265. The molecule has 206 valence electrons. The number of hydrogen-bond acceptors (Lipinski definition) is 6. The Balaban J connectivity index is 1.37. The molecule has 0 aromatic heterocycles. The molecule has 0 saturated carbocycles. The maximum absolute atomic E-state index is 11.4. The highest BCUT2D eigenvalue weighted by molar-refractivity contribution is 5.82. The van der Waals surface area contributed by atoms with Crippen LogP contribution >= 0.6 is 0 Å². The average Bonchev–Trinajstić information content (AvgIpc) is 3.24. The summed E-state index contributed by atoms with van der Waals surface area (Å²) in [5.41, 5.74) is 10.6. The number of aliphatic hydroxyl groups excluding tert-OH is 2. The second-order valence-corrected chi connectivity index (χ2v) is 10.4. The molecular weight excluding hydrogens is 504 g/mol. The number of carbonyl (C=O) groups excluding carboxylic acids is 1. The third-order valence-corrected chi connectivity index (χ3v) is 7.67. The van der Waals surface area contributed by atoms with E-state index in [9.17, 15) is 15.0 Å². The zero-order valence-electron chi connectivity index (χ0n) is 22.9. The van der Waals surface area contributed by atoms with Crippen LogP contribution in [0.1, 0.15) is 45.7 Å². The van der Waals surface area contributed by atoms with Crippen LogP contribution in [-0.4, -0.2) is 35.5 Å². The van der Waals surface area contributed by atoms with Gasteiger partial charge in [-0.05, 0) is 107 Å². The van der Waals surface area contributed by atoms with Crippen molar-refractivity contribution in [3.63, 3.8) is 0 Å². The van der Waals surface area contributed by atoms with Crippen LogP contribution in [0, 0.1) is 20.8 Å². The zero-order chi connectivity index (χ0) is 28.4. The highest BCUT2D eigenvalue weighted by Gasteiger charge is 2.28. The van der Waals surface area contributed by atoms with Gasteiger partial charge < -0.3 is 29.6 Å². The van der Waals surface area contributed by atoms with Gasteiger partial charge in [0.05, 0.1) is 6.61 Å². The Morgan fingerprint density at radius 2 is 1.55 bits per heavy atom. The van der Waals surface area contributed by atoms with E-state index >= 15 is 0 Å². The molecule has 0 heterocycles. The quantitative estimate of drug-likeness (QED) is 0.300. The molecule has 0 saturated heterocycles. The van der Waals surface area contributed by atoms with Crippen LogP contribution in [0.4, 0.5) is 0 Å². The normalized spacial score (nSPS) is 14.4. The molecule has 4 aromatic carbocycles. The number of carbonyl (C=O) groups is 1. The van der Waals surface area contributed by atoms with E-state index in [2.05, 4.69) is 19.1 Å². The van der Waals surface area contributed by atoms with Crippen molar-refractivity contribution in [2.75, 3.05) is 13.2 Å². The fourth-order valence-corrected chi connectivity index (χ4v) is 5.71. The number of aryl methyl sites for hydroxylation is 2. The van der Waals surface area contributed by atoms with Crippen molar-refractivity contribution in [1.29, 1.82) is 0 Å². The van der Waals surface area contributed by atoms with Crippen LogP contribution < -0.4 is 14.6 Å². The Morgan fingerprint density at radius 3 is 2.27 bits per heavy atom. The van der Waals surface area contributed by atoms with E-state index in [1.807, 2.05) is 74.5 Å². The molecule has 6 nitrogen and oxygen atoms in total. The predicted molar refractivity (Wildman–Crippen MR) is 152 cm³/mol. The number of benzene rings is 4. The lowest BCUT2D eigenvalue weighted by Crippen LogP contribution is -2.24. The highest BCUT2D eigenvalue weighted by atomic mass is 16.5. The number of fused-ring (bicyclic) bond motifs is 3. The number of hydrogen-bond donors (Lipinski definition) is 2. The first-order chi connectivity index (χ1) is 19.3. The van der Waals surface area contributed by atoms with E-state index in [-0.39, 0.29) is 25.6 Å². The second-order valence-electron chi connectivity index (χ2n) is 10.4. The largest absolute Gasteiger partial charge is 0.550 e. The summed E-state index contributed by atoms with van der Waals surface area (Å²) in [6, 6.07) is 23.9. The molecule has 2 N–H and O–H groups in total. The van der Waals surface area contributed by atoms with E-state index < -0.39 is 12.1 Å². The monoisotopic (exact) mass is 537 g/mol. The summed E-state index contributed by atoms with van der Waals surface area (Å²) in [4.78, 5) is 11.4. The maximum Gasteiger partial charge on any atom is 0.120 e. The molecule has 6 heteroatoms. The van der Waals surface area contributed by atoms with Gasteiger partial charge in [0.25, 0.3) is 0 Å². The minimum Gasteiger partial charge on any atom is -0.550 e. The molecule has 1 aliphatic rings. The summed E-state index contributed by atoms with van der Waals surface area (Å²) in [5.74, 6) is 0.110. The Bertz CT molecular complexity index is 1530. The van der Waals surface area contributed by atoms with Crippen molar-refractivity contribution in [2.45, 2.75) is 45.8 Å². The van der Waals surface area contributed by atoms with Gasteiger partial charge in [-0.25, -0.2) is 0 Å². The van der Waals surface area contributed by atoms with Crippen molar-refractivity contribution in [3.8, 4) is 33.8 Å². The van der Waals surface area contributed by atoms with Gasteiger partial charge in [-0.3, -0.25) is 0 Å². The standard InChI is InChI=1S/C34H34O6/c1-20-13-26(40-19-24(36)17-35)14-21(2)34(20)27-10-6-7-23(22(27)3)18-39-25-11-12-30-31(15-25)28-8-4-5-9-29(28)32(30)16-33(37)38/h4-15,24,32,35-36H,16-19H2,1-3H3,(H,37,38)/p-1/t24-,32?/m1/s1. The lowest BCUT2D eigenvalue weighted by Gasteiger charge is -2.18. The SMILES string of the molecule is Cc1cc(OC[C@H](O)CO)cc(C)c1-c1cccc(COc2ccc3c(c2)-c2ccccc2C3CC(=O)[O-])c1C. The molecular formula is C34H33O6-. The van der Waals surface area contributed by atoms with E-state index in [4.69, 9.17) is 14.6 Å². The Kier molecular flexibility index (Phi) is 7.92. The molecule has 0 amide bonds. The van der Waals surface area contributed by atoms with E-state index in [0.29, 0.717) is 12.4 Å². The third-order valence-electron chi connectivity index (χ3n) is 7.67. The van der Waals surface area contributed by atoms with Crippen molar-refractivity contribution in [2.24, 2.45) is 0 Å². The number of aliphatic carboxylic acids is 1. The predicted octanol–water partition coefficient (Wildman–Crippen LogP) is 4.84. The zero-order valence-corrected chi connectivity index (χ0v) is 22.9. The van der Waals surface area contributed by atoms with Crippen molar-refractivity contribution < 1.29 is 29.6 Å². The van der Waals surface area contributed by atoms with Gasteiger partial charge in [-0.15, -0.1) is 0 Å². The number of carboxylic acids is 1. The van der Waals surface area contributed by atoms with Crippen molar-refractivity contribution in [3.05, 3.63) is 106 Å². The van der Waals surface area contributed by atoms with Crippen LogP contribution in [0.2, 0.25) is 0 Å². The van der Waals surface area contributed by atoms with Gasteiger partial charge in [0.15, 0.2) is 0 Å². The lowest BCUT2D eigenvalue weighted by atomic mass is 9.90. The average molecular weight is 538 g/mol. The first-order valence-electron chi connectivity index (χ1n) is 13.4. The van der Waals surface area contributed by atoms with Crippen LogP contribution in [0.5, 0.6) is 11.5 Å². The van der Waals surface area contributed by atoms with Gasteiger partial charge in [-0.2, -0.15) is 0 Å². The molecule has 2 atom stereocenters. The van der Waals surface area contributed by atoms with Gasteiger partial charge in [-0.1, -0.05) is 48.5 Å². The molecule has 40 heavy (non-hydrogen) atoms. The van der Waals surface area contributed by atoms with Gasteiger partial charge in [0.1, 0.15) is 30.8 Å². The van der Waals surface area contributed by atoms with Gasteiger partial charge in [0.2, 0.25) is 0 Å². The first-order valence-corrected chi connectivity index (χ1v) is 13.4. The topological polar surface area (TPSA) is 99.1 Å². The molecule has 0 aliphatic heterocycles. The maximum atomic E-state index is 11.4. The second kappa shape index (κ2) is 11.5. The number of carboxylic acid groups (broad SMARTS) is 1. The lowest BCUT2D eigenvalue weighted by molar-refractivity contribution is -0.305. The van der Waals surface area contributed by atoms with E-state index in [0.717, 1.165) is 61.4 Å². The van der Waals surface area contributed by atoms with E-state index in [1.54, 1.807) is 0 Å². The van der Waals surface area contributed by atoms with Gasteiger partial charge >= 0.3 is 0 Å².